The Balaban J connectivity index is 1.82. The maximum absolute atomic E-state index is 5.86. The zero-order chi connectivity index (χ0) is 13.2. The molecule has 19 heavy (non-hydrogen) atoms. The zero-order valence-corrected chi connectivity index (χ0v) is 12.4. The van der Waals surface area contributed by atoms with Crippen LogP contribution >= 0.6 is 0 Å². The molecule has 1 heterocycles. The second kappa shape index (κ2) is 8.76. The molecule has 2 nitrogen and oxygen atoms in total. The third kappa shape index (κ3) is 5.66. The summed E-state index contributed by atoms with van der Waals surface area (Å²) in [4.78, 5) is 0. The van der Waals surface area contributed by atoms with Gasteiger partial charge in [0.05, 0.1) is 13.2 Å². The van der Waals surface area contributed by atoms with Gasteiger partial charge in [-0.2, -0.15) is 0 Å². The Kier molecular flexibility index (Phi) is 6.94. The van der Waals surface area contributed by atoms with Crippen molar-refractivity contribution in [2.24, 2.45) is 0 Å². The molecule has 2 aliphatic rings. The topological polar surface area (TPSA) is 18.5 Å². The molecule has 0 amide bonds. The molecule has 1 spiro atoms. The Morgan fingerprint density at radius 3 is 1.79 bits per heavy atom. The summed E-state index contributed by atoms with van der Waals surface area (Å²) in [6.07, 6.45) is 20.4. The molecule has 0 radical (unpaired) electrons. The van der Waals surface area contributed by atoms with Gasteiger partial charge in [0.1, 0.15) is 0 Å². The van der Waals surface area contributed by atoms with Crippen molar-refractivity contribution in [2.45, 2.75) is 82.8 Å². The Hall–Kier alpha value is -0.340. The monoisotopic (exact) mass is 266 g/mol. The van der Waals surface area contributed by atoms with Crippen molar-refractivity contribution in [1.82, 2.24) is 0 Å². The molecule has 1 fully saturated rings. The van der Waals surface area contributed by atoms with Crippen LogP contribution < -0.4 is 0 Å². The second-order valence-corrected chi connectivity index (χ2v) is 5.99. The summed E-state index contributed by atoms with van der Waals surface area (Å²) in [7, 11) is 0. The standard InChI is InChI=1S/C17H30O2/c1-2-4-6-8-10-12-14-17(18-15-16-19-17)13-11-9-7-5-3-1/h11,13H,1-10,12,14-16H2/b13-11-. The fraction of sp³-hybridized carbons (Fsp3) is 0.882. The van der Waals surface area contributed by atoms with Gasteiger partial charge in [-0.25, -0.2) is 0 Å². The van der Waals surface area contributed by atoms with Gasteiger partial charge in [-0.15, -0.1) is 0 Å². The fourth-order valence-electron chi connectivity index (χ4n) is 3.11. The van der Waals surface area contributed by atoms with E-state index in [1.165, 1.54) is 70.6 Å². The first-order valence-electron chi connectivity index (χ1n) is 8.37. The maximum atomic E-state index is 5.86. The van der Waals surface area contributed by atoms with E-state index < -0.39 is 0 Å². The summed E-state index contributed by atoms with van der Waals surface area (Å²) in [5.74, 6) is -0.375. The lowest BCUT2D eigenvalue weighted by atomic mass is 10.0. The van der Waals surface area contributed by atoms with Crippen LogP contribution in [0.4, 0.5) is 0 Å². The van der Waals surface area contributed by atoms with E-state index in [0.717, 1.165) is 19.6 Å². The predicted molar refractivity (Wildman–Crippen MR) is 79.2 cm³/mol. The number of allylic oxidation sites excluding steroid dienone is 1. The van der Waals surface area contributed by atoms with Gasteiger partial charge in [-0.1, -0.05) is 57.4 Å². The summed E-state index contributed by atoms with van der Waals surface area (Å²) >= 11 is 0. The highest BCUT2D eigenvalue weighted by Crippen LogP contribution is 2.28. The molecule has 0 aromatic rings. The Bertz CT molecular complexity index is 254. The van der Waals surface area contributed by atoms with Crippen LogP contribution in [0.1, 0.15) is 77.0 Å². The van der Waals surface area contributed by atoms with Gasteiger partial charge in [0.15, 0.2) is 5.79 Å². The van der Waals surface area contributed by atoms with E-state index in [9.17, 15) is 0 Å². The Morgan fingerprint density at radius 2 is 1.16 bits per heavy atom. The van der Waals surface area contributed by atoms with Crippen LogP contribution in [0.15, 0.2) is 12.2 Å². The van der Waals surface area contributed by atoms with E-state index in [2.05, 4.69) is 12.2 Å². The molecule has 0 N–H and O–H groups in total. The summed E-state index contributed by atoms with van der Waals surface area (Å²) in [5, 5.41) is 0. The fourth-order valence-corrected chi connectivity index (χ4v) is 3.11. The summed E-state index contributed by atoms with van der Waals surface area (Å²) in [6, 6.07) is 0. The first-order valence-corrected chi connectivity index (χ1v) is 8.37. The summed E-state index contributed by atoms with van der Waals surface area (Å²) < 4.78 is 11.7. The molecule has 1 aliphatic carbocycles. The van der Waals surface area contributed by atoms with Crippen molar-refractivity contribution in [2.75, 3.05) is 13.2 Å². The van der Waals surface area contributed by atoms with Crippen molar-refractivity contribution in [3.8, 4) is 0 Å². The smallest absolute Gasteiger partial charge is 0.187 e. The molecule has 0 unspecified atom stereocenters. The van der Waals surface area contributed by atoms with E-state index in [4.69, 9.17) is 9.47 Å². The molecule has 0 atom stereocenters. The van der Waals surface area contributed by atoms with Crippen molar-refractivity contribution >= 4 is 0 Å². The Morgan fingerprint density at radius 1 is 0.632 bits per heavy atom. The highest BCUT2D eigenvalue weighted by molar-refractivity contribution is 4.98. The van der Waals surface area contributed by atoms with E-state index in [0.29, 0.717) is 0 Å². The van der Waals surface area contributed by atoms with Crippen LogP contribution in [0.2, 0.25) is 0 Å². The summed E-state index contributed by atoms with van der Waals surface area (Å²) in [6.45, 7) is 1.51. The molecule has 1 aliphatic heterocycles. The van der Waals surface area contributed by atoms with Gasteiger partial charge in [0.25, 0.3) is 0 Å². The number of rotatable bonds is 0. The van der Waals surface area contributed by atoms with Crippen LogP contribution in [-0.2, 0) is 9.47 Å². The molecule has 2 rings (SSSR count). The number of hydrogen-bond acceptors (Lipinski definition) is 2. The highest BCUT2D eigenvalue weighted by Gasteiger charge is 2.32. The SMILES string of the molecule is C1=C\C2(CCCCCCCCCCCC/1)OCCO2. The molecule has 0 aromatic carbocycles. The molecule has 0 saturated carbocycles. The Labute approximate surface area is 118 Å². The number of hydrogen-bond donors (Lipinski definition) is 0. The lowest BCUT2D eigenvalue weighted by Crippen LogP contribution is -2.27. The van der Waals surface area contributed by atoms with Gasteiger partial charge < -0.3 is 9.47 Å². The molecular formula is C17H30O2. The highest BCUT2D eigenvalue weighted by atomic mass is 16.7. The van der Waals surface area contributed by atoms with Crippen molar-refractivity contribution in [1.29, 1.82) is 0 Å². The van der Waals surface area contributed by atoms with Gasteiger partial charge in [0, 0.05) is 6.42 Å². The molecular weight excluding hydrogens is 236 g/mol. The summed E-state index contributed by atoms with van der Waals surface area (Å²) in [5.41, 5.74) is 0. The third-order valence-electron chi connectivity index (χ3n) is 4.29. The minimum absolute atomic E-state index is 0.375. The van der Waals surface area contributed by atoms with Crippen molar-refractivity contribution in [3.05, 3.63) is 12.2 Å². The minimum Gasteiger partial charge on any atom is -0.344 e. The van der Waals surface area contributed by atoms with E-state index >= 15 is 0 Å². The van der Waals surface area contributed by atoms with Gasteiger partial charge >= 0.3 is 0 Å². The van der Waals surface area contributed by atoms with Crippen LogP contribution in [0.5, 0.6) is 0 Å². The average molecular weight is 266 g/mol. The molecule has 0 aromatic heterocycles. The quantitative estimate of drug-likeness (QED) is 0.576. The van der Waals surface area contributed by atoms with E-state index in [-0.39, 0.29) is 5.79 Å². The zero-order valence-electron chi connectivity index (χ0n) is 12.4. The molecule has 110 valence electrons. The first-order chi connectivity index (χ1) is 9.41. The molecule has 0 bridgehead atoms. The molecule has 1 saturated heterocycles. The lowest BCUT2D eigenvalue weighted by Gasteiger charge is -2.23. The predicted octanol–water partition coefficient (Wildman–Crippen LogP) is 4.98. The van der Waals surface area contributed by atoms with Gasteiger partial charge in [-0.3, -0.25) is 0 Å². The van der Waals surface area contributed by atoms with Crippen LogP contribution in [0.3, 0.4) is 0 Å². The van der Waals surface area contributed by atoms with Gasteiger partial charge in [-0.05, 0) is 25.3 Å². The molecule has 2 heteroatoms. The third-order valence-corrected chi connectivity index (χ3v) is 4.29. The van der Waals surface area contributed by atoms with Crippen LogP contribution in [0, 0.1) is 0 Å². The van der Waals surface area contributed by atoms with E-state index in [1.807, 2.05) is 0 Å². The van der Waals surface area contributed by atoms with Crippen LogP contribution in [-0.4, -0.2) is 19.0 Å². The average Bonchev–Trinajstić information content (AvgIpc) is 2.87. The first kappa shape index (κ1) is 15.1. The van der Waals surface area contributed by atoms with Gasteiger partial charge in [0.2, 0.25) is 0 Å². The lowest BCUT2D eigenvalue weighted by molar-refractivity contribution is -0.122. The largest absolute Gasteiger partial charge is 0.344 e. The van der Waals surface area contributed by atoms with Crippen LogP contribution in [0.25, 0.3) is 0 Å². The van der Waals surface area contributed by atoms with Crippen molar-refractivity contribution < 1.29 is 9.47 Å². The number of ether oxygens (including phenoxy) is 2. The van der Waals surface area contributed by atoms with Crippen molar-refractivity contribution in [3.63, 3.8) is 0 Å². The maximum Gasteiger partial charge on any atom is 0.187 e. The van der Waals surface area contributed by atoms with E-state index in [1.54, 1.807) is 0 Å². The normalized spacial score (nSPS) is 28.6. The minimum atomic E-state index is -0.375. The second-order valence-electron chi connectivity index (χ2n) is 5.99.